The van der Waals surface area contributed by atoms with Crippen molar-refractivity contribution in [2.75, 3.05) is 11.9 Å². The Labute approximate surface area is 114 Å². The van der Waals surface area contributed by atoms with E-state index in [1.807, 2.05) is 6.92 Å². The van der Waals surface area contributed by atoms with Gasteiger partial charge in [0.1, 0.15) is 17.5 Å². The van der Waals surface area contributed by atoms with Gasteiger partial charge in [-0.1, -0.05) is 6.92 Å². The fourth-order valence-corrected chi connectivity index (χ4v) is 1.56. The number of amides is 1. The molecule has 0 aromatic heterocycles. The number of carbonyl (C=O) groups excluding carboxylic acids is 1. The van der Waals surface area contributed by atoms with Crippen LogP contribution in [0, 0.1) is 21.7 Å². The Bertz CT molecular complexity index is 523. The Morgan fingerprint density at radius 1 is 1.45 bits per heavy atom. The predicted molar refractivity (Wildman–Crippen MR) is 69.4 cm³/mol. The fourth-order valence-electron chi connectivity index (χ4n) is 1.56. The molecule has 0 aliphatic heterocycles. The van der Waals surface area contributed by atoms with Crippen molar-refractivity contribution in [3.05, 3.63) is 33.9 Å². The second-order valence-corrected chi connectivity index (χ2v) is 4.20. The first-order chi connectivity index (χ1) is 9.36. The first-order valence-electron chi connectivity index (χ1n) is 6.04. The molecular formula is C12H15F2N3O3. The standard InChI is InChI=1S/C12H15F2N3O3/c1-3-4-15-12(18)7(2)16-10-6-8(13)5-9(14)11(10)17(19)20/h5-7,16H,3-4H2,1-2H3,(H,15,18). The quantitative estimate of drug-likeness (QED) is 0.620. The third-order valence-corrected chi connectivity index (χ3v) is 2.53. The van der Waals surface area contributed by atoms with Gasteiger partial charge < -0.3 is 10.6 Å². The summed E-state index contributed by atoms with van der Waals surface area (Å²) in [6.45, 7) is 3.76. The van der Waals surface area contributed by atoms with E-state index in [9.17, 15) is 23.7 Å². The molecule has 0 heterocycles. The molecule has 0 aliphatic carbocycles. The Morgan fingerprint density at radius 3 is 2.65 bits per heavy atom. The second-order valence-electron chi connectivity index (χ2n) is 4.20. The van der Waals surface area contributed by atoms with Crippen LogP contribution in [-0.4, -0.2) is 23.4 Å². The van der Waals surface area contributed by atoms with Gasteiger partial charge in [0.05, 0.1) is 4.92 Å². The molecule has 8 heteroatoms. The topological polar surface area (TPSA) is 84.3 Å². The van der Waals surface area contributed by atoms with Gasteiger partial charge in [-0.25, -0.2) is 4.39 Å². The summed E-state index contributed by atoms with van der Waals surface area (Å²) in [6.07, 6.45) is 0.729. The number of nitro groups is 1. The van der Waals surface area contributed by atoms with Crippen LogP contribution < -0.4 is 10.6 Å². The van der Waals surface area contributed by atoms with E-state index in [4.69, 9.17) is 0 Å². The van der Waals surface area contributed by atoms with Gasteiger partial charge in [0.15, 0.2) is 0 Å². The summed E-state index contributed by atoms with van der Waals surface area (Å²) in [4.78, 5) is 21.4. The van der Waals surface area contributed by atoms with Crippen molar-refractivity contribution in [2.45, 2.75) is 26.3 Å². The zero-order valence-electron chi connectivity index (χ0n) is 11.1. The van der Waals surface area contributed by atoms with Gasteiger partial charge in [0.25, 0.3) is 0 Å². The molecule has 1 amide bonds. The SMILES string of the molecule is CCCNC(=O)C(C)Nc1cc(F)cc(F)c1[N+](=O)[O-]. The Balaban J connectivity index is 2.96. The minimum absolute atomic E-state index is 0.369. The molecule has 0 saturated heterocycles. The maximum absolute atomic E-state index is 13.4. The Morgan fingerprint density at radius 2 is 2.10 bits per heavy atom. The summed E-state index contributed by atoms with van der Waals surface area (Å²) >= 11 is 0. The molecule has 0 bridgehead atoms. The molecule has 1 aromatic carbocycles. The minimum Gasteiger partial charge on any atom is -0.368 e. The molecule has 1 unspecified atom stereocenters. The Hall–Kier alpha value is -2.25. The predicted octanol–water partition coefficient (Wildman–Crippen LogP) is 2.20. The van der Waals surface area contributed by atoms with Crippen LogP contribution in [0.25, 0.3) is 0 Å². The molecule has 0 aliphatic rings. The van der Waals surface area contributed by atoms with Gasteiger partial charge in [-0.05, 0) is 13.3 Å². The van der Waals surface area contributed by atoms with Crippen molar-refractivity contribution >= 4 is 17.3 Å². The summed E-state index contributed by atoms with van der Waals surface area (Å²) in [6, 6.07) is 0.345. The van der Waals surface area contributed by atoms with E-state index >= 15 is 0 Å². The average Bonchev–Trinajstić information content (AvgIpc) is 2.34. The summed E-state index contributed by atoms with van der Waals surface area (Å²) in [5, 5.41) is 15.8. The van der Waals surface area contributed by atoms with Gasteiger partial charge in [-0.15, -0.1) is 0 Å². The van der Waals surface area contributed by atoms with E-state index in [1.165, 1.54) is 6.92 Å². The Kier molecular flexibility index (Phi) is 5.36. The summed E-state index contributed by atoms with van der Waals surface area (Å²) in [7, 11) is 0. The molecule has 1 atom stereocenters. The average molecular weight is 287 g/mol. The maximum atomic E-state index is 13.4. The molecule has 0 radical (unpaired) electrons. The molecule has 6 nitrogen and oxygen atoms in total. The van der Waals surface area contributed by atoms with E-state index in [-0.39, 0.29) is 5.69 Å². The highest BCUT2D eigenvalue weighted by Crippen LogP contribution is 2.29. The lowest BCUT2D eigenvalue weighted by Gasteiger charge is -2.15. The number of carbonyl (C=O) groups is 1. The van der Waals surface area contributed by atoms with Gasteiger partial charge >= 0.3 is 5.69 Å². The van der Waals surface area contributed by atoms with Crippen molar-refractivity contribution < 1.29 is 18.5 Å². The molecular weight excluding hydrogens is 272 g/mol. The van der Waals surface area contributed by atoms with Crippen LogP contribution in [0.3, 0.4) is 0 Å². The summed E-state index contributed by atoms with van der Waals surface area (Å²) in [5.41, 5.74) is -1.26. The van der Waals surface area contributed by atoms with Crippen LogP contribution in [-0.2, 0) is 4.79 Å². The number of hydrogen-bond donors (Lipinski definition) is 2. The largest absolute Gasteiger partial charge is 0.368 e. The number of nitrogens with one attached hydrogen (secondary N) is 2. The van der Waals surface area contributed by atoms with Crippen LogP contribution in [0.1, 0.15) is 20.3 Å². The number of hydrogen-bond acceptors (Lipinski definition) is 4. The van der Waals surface area contributed by atoms with E-state index in [0.717, 1.165) is 12.5 Å². The first kappa shape index (κ1) is 15.8. The van der Waals surface area contributed by atoms with Gasteiger partial charge in [0.2, 0.25) is 11.7 Å². The summed E-state index contributed by atoms with van der Waals surface area (Å²) in [5.74, 6) is -2.67. The van der Waals surface area contributed by atoms with Crippen LogP contribution in [0.5, 0.6) is 0 Å². The molecule has 0 spiro atoms. The van der Waals surface area contributed by atoms with Gasteiger partial charge in [-0.3, -0.25) is 14.9 Å². The van der Waals surface area contributed by atoms with Gasteiger partial charge in [0, 0.05) is 18.7 Å². The zero-order chi connectivity index (χ0) is 15.3. The number of nitro benzene ring substituents is 1. The van der Waals surface area contributed by atoms with E-state index in [1.54, 1.807) is 0 Å². The van der Waals surface area contributed by atoms with Crippen molar-refractivity contribution in [1.29, 1.82) is 0 Å². The molecule has 110 valence electrons. The first-order valence-corrected chi connectivity index (χ1v) is 6.04. The van der Waals surface area contributed by atoms with Crippen molar-refractivity contribution in [3.63, 3.8) is 0 Å². The molecule has 20 heavy (non-hydrogen) atoms. The highest BCUT2D eigenvalue weighted by molar-refractivity contribution is 5.85. The van der Waals surface area contributed by atoms with Crippen molar-refractivity contribution in [1.82, 2.24) is 5.32 Å². The third kappa shape index (κ3) is 3.87. The molecule has 1 rings (SSSR count). The van der Waals surface area contributed by atoms with Crippen molar-refractivity contribution in [3.8, 4) is 0 Å². The minimum atomic E-state index is -1.29. The molecule has 0 saturated carbocycles. The monoisotopic (exact) mass is 287 g/mol. The van der Waals surface area contributed by atoms with E-state index in [0.29, 0.717) is 12.6 Å². The zero-order valence-corrected chi connectivity index (χ0v) is 11.1. The highest BCUT2D eigenvalue weighted by atomic mass is 19.1. The lowest BCUT2D eigenvalue weighted by atomic mass is 10.2. The number of benzene rings is 1. The number of rotatable bonds is 6. The van der Waals surface area contributed by atoms with E-state index in [2.05, 4.69) is 10.6 Å². The summed E-state index contributed by atoms with van der Waals surface area (Å²) < 4.78 is 26.5. The normalized spacial score (nSPS) is 11.8. The molecule has 2 N–H and O–H groups in total. The van der Waals surface area contributed by atoms with Crippen LogP contribution >= 0.6 is 0 Å². The third-order valence-electron chi connectivity index (χ3n) is 2.53. The number of halogens is 2. The van der Waals surface area contributed by atoms with Crippen LogP contribution in [0.4, 0.5) is 20.2 Å². The molecule has 0 fully saturated rings. The second kappa shape index (κ2) is 6.78. The highest BCUT2D eigenvalue weighted by Gasteiger charge is 2.24. The fraction of sp³-hybridized carbons (Fsp3) is 0.417. The van der Waals surface area contributed by atoms with Crippen LogP contribution in [0.2, 0.25) is 0 Å². The van der Waals surface area contributed by atoms with Crippen LogP contribution in [0.15, 0.2) is 12.1 Å². The number of nitrogens with zero attached hydrogens (tertiary/aromatic N) is 1. The van der Waals surface area contributed by atoms with Crippen molar-refractivity contribution in [2.24, 2.45) is 0 Å². The lowest BCUT2D eigenvalue weighted by Crippen LogP contribution is -2.38. The number of anilines is 1. The van der Waals surface area contributed by atoms with E-state index < -0.39 is 34.2 Å². The molecule has 1 aromatic rings. The maximum Gasteiger partial charge on any atom is 0.327 e. The smallest absolute Gasteiger partial charge is 0.327 e. The van der Waals surface area contributed by atoms with Gasteiger partial charge in [-0.2, -0.15) is 4.39 Å². The lowest BCUT2D eigenvalue weighted by molar-refractivity contribution is -0.386.